The highest BCUT2D eigenvalue weighted by Crippen LogP contribution is 2.37. The molecule has 2 heterocycles. The summed E-state index contributed by atoms with van der Waals surface area (Å²) in [4.78, 5) is 27.3. The van der Waals surface area contributed by atoms with Crippen LogP contribution in [0.4, 0.5) is 0 Å². The minimum atomic E-state index is -0.231. The van der Waals surface area contributed by atoms with Crippen molar-refractivity contribution in [1.82, 2.24) is 14.7 Å². The molecule has 5 nitrogen and oxygen atoms in total. The Labute approximate surface area is 179 Å². The third-order valence-electron chi connectivity index (χ3n) is 5.86. The highest BCUT2D eigenvalue weighted by molar-refractivity contribution is 6.30. The molecule has 150 valence electrons. The van der Waals surface area contributed by atoms with E-state index in [-0.39, 0.29) is 30.2 Å². The fourth-order valence-corrected chi connectivity index (χ4v) is 4.41. The van der Waals surface area contributed by atoms with Gasteiger partial charge in [0.25, 0.3) is 0 Å². The van der Waals surface area contributed by atoms with Gasteiger partial charge in [-0.25, -0.2) is 4.68 Å². The lowest BCUT2D eigenvalue weighted by molar-refractivity contribution is -0.140. The number of carbonyl (C=O) groups excluding carboxylic acids is 2. The predicted octanol–water partition coefficient (Wildman–Crippen LogP) is 4.64. The molecular formula is C24H20ClN3O2. The maximum absolute atomic E-state index is 13.0. The van der Waals surface area contributed by atoms with E-state index in [0.29, 0.717) is 17.9 Å². The van der Waals surface area contributed by atoms with Crippen LogP contribution >= 0.6 is 11.6 Å². The summed E-state index contributed by atoms with van der Waals surface area (Å²) in [6.07, 6.45) is 7.18. The van der Waals surface area contributed by atoms with Crippen molar-refractivity contribution in [2.24, 2.45) is 11.8 Å². The number of likely N-dealkylation sites (tertiary alicyclic amines) is 1. The number of rotatable bonds is 4. The average molecular weight is 418 g/mol. The number of benzene rings is 2. The number of halogens is 1. The molecule has 0 spiro atoms. The van der Waals surface area contributed by atoms with Crippen LogP contribution in [0.15, 0.2) is 72.9 Å². The van der Waals surface area contributed by atoms with Gasteiger partial charge in [0, 0.05) is 22.3 Å². The van der Waals surface area contributed by atoms with Crippen LogP contribution in [0.5, 0.6) is 0 Å². The molecule has 5 rings (SSSR count). The normalized spacial score (nSPS) is 20.6. The van der Waals surface area contributed by atoms with E-state index in [0.717, 1.165) is 22.5 Å². The van der Waals surface area contributed by atoms with Gasteiger partial charge in [-0.3, -0.25) is 14.5 Å². The van der Waals surface area contributed by atoms with Gasteiger partial charge in [0.05, 0.1) is 29.8 Å². The SMILES string of the molecule is O=C1[C@@H]2CC=CC[C@H]2C(=O)N1Cc1cn(-c2ccccc2)nc1-c1ccc(Cl)cc1. The Morgan fingerprint density at radius 1 is 0.900 bits per heavy atom. The van der Waals surface area contributed by atoms with E-state index in [1.807, 2.05) is 72.9 Å². The first-order valence-electron chi connectivity index (χ1n) is 10.0. The van der Waals surface area contributed by atoms with Crippen molar-refractivity contribution < 1.29 is 9.59 Å². The quantitative estimate of drug-likeness (QED) is 0.459. The molecule has 0 bridgehead atoms. The predicted molar refractivity (Wildman–Crippen MR) is 115 cm³/mol. The molecule has 0 unspecified atom stereocenters. The molecule has 0 radical (unpaired) electrons. The second-order valence-electron chi connectivity index (χ2n) is 7.71. The van der Waals surface area contributed by atoms with Crippen LogP contribution in [0.3, 0.4) is 0 Å². The highest BCUT2D eigenvalue weighted by Gasteiger charge is 2.47. The number of hydrogen-bond acceptors (Lipinski definition) is 3. The molecule has 1 saturated heterocycles. The summed E-state index contributed by atoms with van der Waals surface area (Å²) in [7, 11) is 0. The van der Waals surface area contributed by atoms with Crippen LogP contribution in [-0.2, 0) is 16.1 Å². The van der Waals surface area contributed by atoms with E-state index in [2.05, 4.69) is 0 Å². The fraction of sp³-hybridized carbons (Fsp3) is 0.208. The van der Waals surface area contributed by atoms with Crippen molar-refractivity contribution in [2.45, 2.75) is 19.4 Å². The number of amides is 2. The topological polar surface area (TPSA) is 55.2 Å². The van der Waals surface area contributed by atoms with Crippen molar-refractivity contribution in [3.8, 4) is 16.9 Å². The first kappa shape index (κ1) is 18.8. The van der Waals surface area contributed by atoms with Gasteiger partial charge >= 0.3 is 0 Å². The van der Waals surface area contributed by atoms with Gasteiger partial charge in [-0.2, -0.15) is 5.10 Å². The lowest BCUT2D eigenvalue weighted by Crippen LogP contribution is -2.30. The van der Waals surface area contributed by atoms with Gasteiger partial charge in [0.2, 0.25) is 11.8 Å². The first-order valence-corrected chi connectivity index (χ1v) is 10.4. The zero-order chi connectivity index (χ0) is 20.7. The highest BCUT2D eigenvalue weighted by atomic mass is 35.5. The van der Waals surface area contributed by atoms with Crippen LogP contribution in [-0.4, -0.2) is 26.5 Å². The Hall–Kier alpha value is -3.18. The van der Waals surface area contributed by atoms with Crippen LogP contribution < -0.4 is 0 Å². The molecule has 2 amide bonds. The number of allylic oxidation sites excluding steroid dienone is 2. The third-order valence-corrected chi connectivity index (χ3v) is 6.11. The van der Waals surface area contributed by atoms with Crippen LogP contribution in [0.1, 0.15) is 18.4 Å². The number of imide groups is 1. The number of nitrogens with zero attached hydrogens (tertiary/aromatic N) is 3. The van der Waals surface area contributed by atoms with E-state index < -0.39 is 0 Å². The number of aromatic nitrogens is 2. The Balaban J connectivity index is 1.53. The molecule has 3 aromatic rings. The van der Waals surface area contributed by atoms with Crippen LogP contribution in [0.2, 0.25) is 5.02 Å². The van der Waals surface area contributed by atoms with E-state index in [1.54, 1.807) is 4.68 Å². The molecule has 2 aromatic carbocycles. The second-order valence-corrected chi connectivity index (χ2v) is 8.14. The van der Waals surface area contributed by atoms with Gasteiger partial charge in [-0.05, 0) is 37.1 Å². The second kappa shape index (κ2) is 7.58. The molecule has 6 heteroatoms. The summed E-state index contributed by atoms with van der Waals surface area (Å²) in [5, 5.41) is 5.42. The minimum Gasteiger partial charge on any atom is -0.277 e. The molecule has 2 aliphatic rings. The lowest BCUT2D eigenvalue weighted by Gasteiger charge is -2.14. The summed E-state index contributed by atoms with van der Waals surface area (Å²) < 4.78 is 1.79. The summed E-state index contributed by atoms with van der Waals surface area (Å²) in [6, 6.07) is 17.2. The summed E-state index contributed by atoms with van der Waals surface area (Å²) >= 11 is 6.06. The van der Waals surface area contributed by atoms with E-state index in [9.17, 15) is 9.59 Å². The molecule has 1 aliphatic carbocycles. The van der Waals surface area contributed by atoms with Crippen molar-refractivity contribution in [3.05, 3.63) is 83.5 Å². The summed E-state index contributed by atoms with van der Waals surface area (Å²) in [6.45, 7) is 0.218. The van der Waals surface area contributed by atoms with E-state index >= 15 is 0 Å². The van der Waals surface area contributed by atoms with Crippen molar-refractivity contribution >= 4 is 23.4 Å². The van der Waals surface area contributed by atoms with Gasteiger partial charge in [0.1, 0.15) is 0 Å². The van der Waals surface area contributed by atoms with Crippen LogP contribution in [0, 0.1) is 11.8 Å². The molecular weight excluding hydrogens is 398 g/mol. The smallest absolute Gasteiger partial charge is 0.233 e. The van der Waals surface area contributed by atoms with Gasteiger partial charge in [-0.15, -0.1) is 0 Å². The number of carbonyl (C=O) groups is 2. The van der Waals surface area contributed by atoms with E-state index in [1.165, 1.54) is 4.90 Å². The zero-order valence-corrected chi connectivity index (χ0v) is 17.0. The Morgan fingerprint density at radius 3 is 2.17 bits per heavy atom. The third kappa shape index (κ3) is 3.25. The minimum absolute atomic E-state index is 0.0798. The number of para-hydroxylation sites is 1. The molecule has 0 N–H and O–H groups in total. The van der Waals surface area contributed by atoms with Crippen molar-refractivity contribution in [3.63, 3.8) is 0 Å². The fourth-order valence-electron chi connectivity index (χ4n) is 4.28. The molecule has 2 atom stereocenters. The summed E-state index contributed by atoms with van der Waals surface area (Å²) in [5.74, 6) is -0.621. The monoisotopic (exact) mass is 417 g/mol. The Bertz CT molecular complexity index is 1110. The van der Waals surface area contributed by atoms with Gasteiger partial charge in [-0.1, -0.05) is 54.1 Å². The van der Waals surface area contributed by atoms with Crippen molar-refractivity contribution in [2.75, 3.05) is 0 Å². The van der Waals surface area contributed by atoms with Gasteiger partial charge in [0.15, 0.2) is 0 Å². The lowest BCUT2D eigenvalue weighted by atomic mass is 9.85. The van der Waals surface area contributed by atoms with Gasteiger partial charge < -0.3 is 0 Å². The maximum atomic E-state index is 13.0. The molecule has 1 aliphatic heterocycles. The largest absolute Gasteiger partial charge is 0.277 e. The molecule has 1 aromatic heterocycles. The number of fused-ring (bicyclic) bond motifs is 1. The number of hydrogen-bond donors (Lipinski definition) is 0. The molecule has 30 heavy (non-hydrogen) atoms. The Kier molecular flexibility index (Phi) is 4.75. The Morgan fingerprint density at radius 2 is 1.53 bits per heavy atom. The average Bonchev–Trinajstić information content (AvgIpc) is 3.31. The van der Waals surface area contributed by atoms with E-state index in [4.69, 9.17) is 16.7 Å². The molecule has 1 fully saturated rings. The van der Waals surface area contributed by atoms with Crippen molar-refractivity contribution in [1.29, 1.82) is 0 Å². The summed E-state index contributed by atoms with van der Waals surface area (Å²) in [5.41, 5.74) is 3.37. The van der Waals surface area contributed by atoms with Crippen LogP contribution in [0.25, 0.3) is 16.9 Å². The molecule has 0 saturated carbocycles. The zero-order valence-electron chi connectivity index (χ0n) is 16.2. The first-order chi connectivity index (χ1) is 14.6. The standard InChI is InChI=1S/C24H20ClN3O2/c25-18-12-10-16(11-13-18)22-17(15-28(26-22)19-6-2-1-3-7-19)14-27-23(29)20-8-4-5-9-21(20)24(27)30/h1-7,10-13,15,20-21H,8-9,14H2/t20-,21-/m1/s1. The maximum Gasteiger partial charge on any atom is 0.233 e.